The smallest absolute Gasteiger partial charge is 0.223 e. The first-order valence-electron chi connectivity index (χ1n) is 5.73. The summed E-state index contributed by atoms with van der Waals surface area (Å²) in [6.45, 7) is 5.51. The average Bonchev–Trinajstić information content (AvgIpc) is 2.15. The lowest BCUT2D eigenvalue weighted by molar-refractivity contribution is 0.376. The maximum atomic E-state index is 5.68. The molecule has 1 aliphatic heterocycles. The van der Waals surface area contributed by atoms with Gasteiger partial charge in [-0.15, -0.1) is 0 Å². The van der Waals surface area contributed by atoms with Crippen LogP contribution < -0.4 is 16.4 Å². The molecular formula is C11H19N5. The molecule has 1 aromatic rings. The highest BCUT2D eigenvalue weighted by Gasteiger charge is 2.24. The van der Waals surface area contributed by atoms with E-state index >= 15 is 0 Å². The van der Waals surface area contributed by atoms with Gasteiger partial charge in [-0.3, -0.25) is 0 Å². The first kappa shape index (κ1) is 11.0. The minimum Gasteiger partial charge on any atom is -0.383 e. The van der Waals surface area contributed by atoms with Crippen LogP contribution in [0.1, 0.15) is 26.7 Å². The van der Waals surface area contributed by atoms with E-state index in [1.165, 1.54) is 12.8 Å². The van der Waals surface area contributed by atoms with Gasteiger partial charge in [0.1, 0.15) is 11.6 Å². The van der Waals surface area contributed by atoms with E-state index in [2.05, 4.69) is 28.7 Å². The minimum absolute atomic E-state index is 0.251. The Morgan fingerprint density at radius 3 is 2.69 bits per heavy atom. The molecule has 2 rings (SSSR count). The van der Waals surface area contributed by atoms with Crippen LogP contribution in [0.2, 0.25) is 0 Å². The van der Waals surface area contributed by atoms with Crippen LogP contribution in [0.4, 0.5) is 17.6 Å². The molecule has 2 atom stereocenters. The molecule has 0 amide bonds. The molecule has 5 nitrogen and oxygen atoms in total. The number of aromatic nitrogens is 2. The summed E-state index contributed by atoms with van der Waals surface area (Å²) in [5.74, 6) is 2.32. The van der Waals surface area contributed by atoms with Crippen molar-refractivity contribution in [2.75, 3.05) is 22.9 Å². The van der Waals surface area contributed by atoms with Crippen LogP contribution in [-0.2, 0) is 0 Å². The van der Waals surface area contributed by atoms with Crippen molar-refractivity contribution < 1.29 is 0 Å². The van der Waals surface area contributed by atoms with Gasteiger partial charge in [-0.2, -0.15) is 9.97 Å². The lowest BCUT2D eigenvalue weighted by atomic mass is 9.93. The number of hydrogen-bond donors (Lipinski definition) is 2. The van der Waals surface area contributed by atoms with Crippen LogP contribution in [0.15, 0.2) is 6.07 Å². The zero-order valence-electron chi connectivity index (χ0n) is 9.85. The van der Waals surface area contributed by atoms with Gasteiger partial charge >= 0.3 is 0 Å². The van der Waals surface area contributed by atoms with Crippen LogP contribution in [0, 0.1) is 5.92 Å². The van der Waals surface area contributed by atoms with Gasteiger partial charge in [-0.1, -0.05) is 6.92 Å². The third-order valence-electron chi connectivity index (χ3n) is 3.18. The number of rotatable bonds is 1. The highest BCUT2D eigenvalue weighted by molar-refractivity contribution is 5.51. The maximum absolute atomic E-state index is 5.68. The van der Waals surface area contributed by atoms with Crippen molar-refractivity contribution in [1.29, 1.82) is 0 Å². The molecule has 0 spiro atoms. The van der Waals surface area contributed by atoms with E-state index < -0.39 is 0 Å². The predicted octanol–water partition coefficient (Wildman–Crippen LogP) is 1.27. The van der Waals surface area contributed by atoms with Gasteiger partial charge in [0.2, 0.25) is 5.95 Å². The second kappa shape index (κ2) is 4.15. The molecule has 1 aromatic heterocycles. The van der Waals surface area contributed by atoms with Gasteiger partial charge in [0.25, 0.3) is 0 Å². The predicted molar refractivity (Wildman–Crippen MR) is 66.1 cm³/mol. The van der Waals surface area contributed by atoms with Crippen LogP contribution in [0.3, 0.4) is 0 Å². The van der Waals surface area contributed by atoms with Crippen molar-refractivity contribution in [3.8, 4) is 0 Å². The number of piperidine rings is 1. The lowest BCUT2D eigenvalue weighted by Crippen LogP contribution is -2.40. The van der Waals surface area contributed by atoms with E-state index in [-0.39, 0.29) is 5.95 Å². The molecule has 4 N–H and O–H groups in total. The molecule has 1 aliphatic rings. The summed E-state index contributed by atoms with van der Waals surface area (Å²) in [4.78, 5) is 10.4. The van der Waals surface area contributed by atoms with E-state index in [9.17, 15) is 0 Å². The molecule has 0 bridgehead atoms. The molecule has 0 aromatic carbocycles. The Morgan fingerprint density at radius 1 is 1.31 bits per heavy atom. The molecule has 2 heterocycles. The molecule has 5 heteroatoms. The summed E-state index contributed by atoms with van der Waals surface area (Å²) >= 11 is 0. The zero-order chi connectivity index (χ0) is 11.7. The third-order valence-corrected chi connectivity index (χ3v) is 3.18. The van der Waals surface area contributed by atoms with Crippen molar-refractivity contribution in [1.82, 2.24) is 9.97 Å². The summed E-state index contributed by atoms with van der Waals surface area (Å²) in [6.07, 6.45) is 2.37. The third kappa shape index (κ3) is 2.18. The molecule has 0 saturated carbocycles. The molecule has 0 aliphatic carbocycles. The number of hydrogen-bond acceptors (Lipinski definition) is 5. The average molecular weight is 221 g/mol. The first-order valence-corrected chi connectivity index (χ1v) is 5.73. The lowest BCUT2D eigenvalue weighted by Gasteiger charge is -2.37. The SMILES string of the molecule is CC1CCN(c2cc(N)nc(N)n2)C(C)C1. The monoisotopic (exact) mass is 221 g/mol. The highest BCUT2D eigenvalue weighted by atomic mass is 15.2. The van der Waals surface area contributed by atoms with Crippen molar-refractivity contribution in [3.05, 3.63) is 6.07 Å². The molecule has 1 saturated heterocycles. The number of anilines is 3. The first-order chi connectivity index (χ1) is 7.56. The standard InChI is InChI=1S/C11H19N5/c1-7-3-4-16(8(2)5-7)10-6-9(12)14-11(13)15-10/h6-8H,3-5H2,1-2H3,(H4,12,13,14,15). The Bertz CT molecular complexity index is 358. The number of nitrogens with two attached hydrogens (primary N) is 2. The van der Waals surface area contributed by atoms with E-state index in [1.54, 1.807) is 6.07 Å². The topological polar surface area (TPSA) is 81.1 Å². The Hall–Kier alpha value is -1.52. The molecule has 0 radical (unpaired) electrons. The van der Waals surface area contributed by atoms with Crippen LogP contribution in [0.25, 0.3) is 0 Å². The summed E-state index contributed by atoms with van der Waals surface area (Å²) in [5.41, 5.74) is 11.3. The zero-order valence-corrected chi connectivity index (χ0v) is 9.85. The fraction of sp³-hybridized carbons (Fsp3) is 0.636. The fourth-order valence-corrected chi connectivity index (χ4v) is 2.37. The van der Waals surface area contributed by atoms with Gasteiger partial charge in [-0.05, 0) is 25.7 Å². The van der Waals surface area contributed by atoms with Crippen molar-refractivity contribution >= 4 is 17.6 Å². The van der Waals surface area contributed by atoms with Gasteiger partial charge in [0.05, 0.1) is 0 Å². The van der Waals surface area contributed by atoms with Crippen molar-refractivity contribution in [2.45, 2.75) is 32.7 Å². The minimum atomic E-state index is 0.251. The van der Waals surface area contributed by atoms with Gasteiger partial charge in [0.15, 0.2) is 0 Å². The Morgan fingerprint density at radius 2 is 2.06 bits per heavy atom. The van der Waals surface area contributed by atoms with Crippen LogP contribution in [-0.4, -0.2) is 22.6 Å². The molecule has 88 valence electrons. The highest BCUT2D eigenvalue weighted by Crippen LogP contribution is 2.27. The molecule has 1 fully saturated rings. The van der Waals surface area contributed by atoms with Gasteiger partial charge < -0.3 is 16.4 Å². The van der Waals surface area contributed by atoms with Gasteiger partial charge in [0, 0.05) is 18.7 Å². The summed E-state index contributed by atoms with van der Waals surface area (Å²) < 4.78 is 0. The number of nitrogens with zero attached hydrogens (tertiary/aromatic N) is 3. The normalized spacial score (nSPS) is 25.8. The van der Waals surface area contributed by atoms with E-state index in [4.69, 9.17) is 11.5 Å². The van der Waals surface area contributed by atoms with Crippen molar-refractivity contribution in [3.63, 3.8) is 0 Å². The van der Waals surface area contributed by atoms with E-state index in [1.807, 2.05) is 0 Å². The summed E-state index contributed by atoms with van der Waals surface area (Å²) in [7, 11) is 0. The van der Waals surface area contributed by atoms with Crippen LogP contribution in [0.5, 0.6) is 0 Å². The van der Waals surface area contributed by atoms with Crippen LogP contribution >= 0.6 is 0 Å². The second-order valence-corrected chi connectivity index (χ2v) is 4.68. The summed E-state index contributed by atoms with van der Waals surface area (Å²) in [6, 6.07) is 2.28. The maximum Gasteiger partial charge on any atom is 0.223 e. The van der Waals surface area contributed by atoms with Gasteiger partial charge in [-0.25, -0.2) is 0 Å². The molecular weight excluding hydrogens is 202 g/mol. The Balaban J connectivity index is 2.23. The van der Waals surface area contributed by atoms with Crippen molar-refractivity contribution in [2.24, 2.45) is 5.92 Å². The number of nitrogen functional groups attached to an aromatic ring is 2. The largest absolute Gasteiger partial charge is 0.383 e. The quantitative estimate of drug-likeness (QED) is 0.746. The fourth-order valence-electron chi connectivity index (χ4n) is 2.37. The molecule has 16 heavy (non-hydrogen) atoms. The Kier molecular flexibility index (Phi) is 2.85. The molecule has 2 unspecified atom stereocenters. The van der Waals surface area contributed by atoms with E-state index in [0.717, 1.165) is 18.3 Å². The Labute approximate surface area is 95.9 Å². The van der Waals surface area contributed by atoms with E-state index in [0.29, 0.717) is 11.9 Å². The second-order valence-electron chi connectivity index (χ2n) is 4.68. The summed E-state index contributed by atoms with van der Waals surface area (Å²) in [5, 5.41) is 0.